The molecule has 2 aromatic rings. The minimum absolute atomic E-state index is 0.184. The molecule has 7 nitrogen and oxygen atoms in total. The molecule has 0 spiro atoms. The van der Waals surface area contributed by atoms with E-state index in [0.29, 0.717) is 16.9 Å². The van der Waals surface area contributed by atoms with Crippen LogP contribution in [0.25, 0.3) is 0 Å². The number of methoxy groups -OCH3 is 1. The summed E-state index contributed by atoms with van der Waals surface area (Å²) in [6.45, 7) is 3.22. The first-order valence-corrected chi connectivity index (χ1v) is 9.78. The van der Waals surface area contributed by atoms with Gasteiger partial charge in [-0.05, 0) is 62.4 Å². The minimum Gasteiger partial charge on any atom is -0.452 e. The van der Waals surface area contributed by atoms with Crippen LogP contribution in [0, 0.1) is 0 Å². The third-order valence-corrected chi connectivity index (χ3v) is 6.20. The Balaban J connectivity index is 2.10. The fourth-order valence-electron chi connectivity index (χ4n) is 2.28. The molecule has 144 valence electrons. The van der Waals surface area contributed by atoms with Crippen LogP contribution in [-0.2, 0) is 14.6 Å². The fraction of sp³-hybridized carbons (Fsp3) is 0.263. The van der Waals surface area contributed by atoms with Crippen molar-refractivity contribution in [1.29, 1.82) is 0 Å². The van der Waals surface area contributed by atoms with Gasteiger partial charge in [-0.3, -0.25) is 9.69 Å². The summed E-state index contributed by atoms with van der Waals surface area (Å²) < 4.78 is 28.9. The van der Waals surface area contributed by atoms with Crippen molar-refractivity contribution >= 4 is 33.2 Å². The largest absolute Gasteiger partial charge is 0.452 e. The molecule has 0 fully saturated rings. The van der Waals surface area contributed by atoms with Crippen LogP contribution in [0.5, 0.6) is 0 Å². The number of hydrogen-bond acceptors (Lipinski definition) is 5. The molecule has 1 N–H and O–H groups in total. The van der Waals surface area contributed by atoms with Gasteiger partial charge in [0.1, 0.15) is 0 Å². The molecule has 2 amide bonds. The maximum absolute atomic E-state index is 12.3. The smallest absolute Gasteiger partial charge is 0.413 e. The number of sulfone groups is 1. The van der Waals surface area contributed by atoms with Gasteiger partial charge in [-0.1, -0.05) is 0 Å². The van der Waals surface area contributed by atoms with E-state index in [2.05, 4.69) is 10.1 Å². The standard InChI is InChI=1S/C19H22N2O5S/c1-13(2)27(24,25)17-11-5-14(6-12-17)18(22)20-15-7-9-16(10-8-15)21(3)19(23)26-4/h5-13H,1-4H3,(H,20,22). The van der Waals surface area contributed by atoms with Crippen LogP contribution < -0.4 is 10.2 Å². The molecule has 0 aromatic heterocycles. The van der Waals surface area contributed by atoms with E-state index in [4.69, 9.17) is 0 Å². The van der Waals surface area contributed by atoms with Crippen molar-refractivity contribution in [3.63, 3.8) is 0 Å². The van der Waals surface area contributed by atoms with Gasteiger partial charge in [0.05, 0.1) is 17.3 Å². The summed E-state index contributed by atoms with van der Waals surface area (Å²) >= 11 is 0. The van der Waals surface area contributed by atoms with E-state index < -0.39 is 21.2 Å². The van der Waals surface area contributed by atoms with Crippen molar-refractivity contribution in [2.75, 3.05) is 24.4 Å². The van der Waals surface area contributed by atoms with Gasteiger partial charge < -0.3 is 10.1 Å². The molecule has 0 saturated carbocycles. The van der Waals surface area contributed by atoms with Gasteiger partial charge in [0.25, 0.3) is 5.91 Å². The lowest BCUT2D eigenvalue weighted by atomic mass is 10.2. The lowest BCUT2D eigenvalue weighted by Gasteiger charge is -2.16. The van der Waals surface area contributed by atoms with Crippen LogP contribution in [0.2, 0.25) is 0 Å². The van der Waals surface area contributed by atoms with E-state index in [1.54, 1.807) is 45.2 Å². The molecular formula is C19H22N2O5S. The summed E-state index contributed by atoms with van der Waals surface area (Å²) in [7, 11) is -0.502. The monoisotopic (exact) mass is 390 g/mol. The van der Waals surface area contributed by atoms with E-state index in [0.717, 1.165) is 0 Å². The summed E-state index contributed by atoms with van der Waals surface area (Å²) in [5.41, 5.74) is 1.50. The predicted molar refractivity (Wildman–Crippen MR) is 104 cm³/mol. The molecule has 0 aliphatic rings. The molecule has 0 saturated heterocycles. The minimum atomic E-state index is -3.37. The second-order valence-corrected chi connectivity index (χ2v) is 8.65. The number of ether oxygens (including phenoxy) is 1. The van der Waals surface area contributed by atoms with E-state index in [-0.39, 0.29) is 10.8 Å². The second-order valence-electron chi connectivity index (χ2n) is 6.15. The molecule has 0 bridgehead atoms. The molecule has 2 rings (SSSR count). The number of hydrogen-bond donors (Lipinski definition) is 1. The van der Waals surface area contributed by atoms with Gasteiger partial charge in [-0.25, -0.2) is 13.2 Å². The maximum atomic E-state index is 12.3. The van der Waals surface area contributed by atoms with E-state index in [1.807, 2.05) is 0 Å². The van der Waals surface area contributed by atoms with Crippen molar-refractivity contribution in [3.05, 3.63) is 54.1 Å². The van der Waals surface area contributed by atoms with Crippen LogP contribution in [-0.4, -0.2) is 39.8 Å². The Bertz CT molecular complexity index is 920. The highest BCUT2D eigenvalue weighted by Crippen LogP contribution is 2.20. The van der Waals surface area contributed by atoms with Gasteiger partial charge in [-0.2, -0.15) is 0 Å². The van der Waals surface area contributed by atoms with E-state index >= 15 is 0 Å². The number of rotatable bonds is 5. The van der Waals surface area contributed by atoms with Gasteiger partial charge in [0, 0.05) is 24.0 Å². The normalized spacial score (nSPS) is 11.1. The number of nitrogens with zero attached hydrogens (tertiary/aromatic N) is 1. The molecule has 0 heterocycles. The first-order valence-electron chi connectivity index (χ1n) is 8.24. The number of anilines is 2. The highest BCUT2D eigenvalue weighted by atomic mass is 32.2. The summed E-state index contributed by atoms with van der Waals surface area (Å²) in [5.74, 6) is -0.363. The van der Waals surface area contributed by atoms with Crippen LogP contribution in [0.1, 0.15) is 24.2 Å². The first-order chi connectivity index (χ1) is 12.7. The average Bonchev–Trinajstić information content (AvgIpc) is 2.67. The lowest BCUT2D eigenvalue weighted by molar-refractivity contribution is 0.102. The molecule has 27 heavy (non-hydrogen) atoms. The van der Waals surface area contributed by atoms with Crippen molar-refractivity contribution in [3.8, 4) is 0 Å². The Kier molecular flexibility index (Phi) is 6.22. The fourth-order valence-corrected chi connectivity index (χ4v) is 3.34. The van der Waals surface area contributed by atoms with Crippen molar-refractivity contribution in [1.82, 2.24) is 0 Å². The van der Waals surface area contributed by atoms with Crippen molar-refractivity contribution in [2.45, 2.75) is 24.0 Å². The highest BCUT2D eigenvalue weighted by Gasteiger charge is 2.19. The SMILES string of the molecule is COC(=O)N(C)c1ccc(NC(=O)c2ccc(S(=O)(=O)C(C)C)cc2)cc1. The zero-order valence-corrected chi connectivity index (χ0v) is 16.4. The lowest BCUT2D eigenvalue weighted by Crippen LogP contribution is -2.25. The Morgan fingerprint density at radius 1 is 1.00 bits per heavy atom. The van der Waals surface area contributed by atoms with Crippen molar-refractivity contribution < 1.29 is 22.7 Å². The van der Waals surface area contributed by atoms with E-state index in [1.165, 1.54) is 36.3 Å². The Hall–Kier alpha value is -2.87. The molecule has 2 aromatic carbocycles. The molecule has 0 atom stereocenters. The number of carbonyl (C=O) groups excluding carboxylic acids is 2. The average molecular weight is 390 g/mol. The number of benzene rings is 2. The number of carbonyl (C=O) groups is 2. The van der Waals surface area contributed by atoms with Gasteiger partial charge in [0.15, 0.2) is 9.84 Å². The Morgan fingerprint density at radius 3 is 2.04 bits per heavy atom. The molecule has 0 aliphatic carbocycles. The second kappa shape index (κ2) is 8.22. The number of amides is 2. The maximum Gasteiger partial charge on any atom is 0.413 e. The summed E-state index contributed by atoms with van der Waals surface area (Å²) in [5, 5.41) is 2.20. The third kappa shape index (κ3) is 4.65. The van der Waals surface area contributed by atoms with Crippen LogP contribution in [0.4, 0.5) is 16.2 Å². The highest BCUT2D eigenvalue weighted by molar-refractivity contribution is 7.92. The molecular weight excluding hydrogens is 368 g/mol. The van der Waals surface area contributed by atoms with Gasteiger partial charge in [-0.15, -0.1) is 0 Å². The predicted octanol–water partition coefficient (Wildman–Crippen LogP) is 3.32. The van der Waals surface area contributed by atoms with Crippen LogP contribution >= 0.6 is 0 Å². The summed E-state index contributed by atoms with van der Waals surface area (Å²) in [6, 6.07) is 12.5. The summed E-state index contributed by atoms with van der Waals surface area (Å²) in [4.78, 5) is 25.3. The van der Waals surface area contributed by atoms with Crippen LogP contribution in [0.3, 0.4) is 0 Å². The van der Waals surface area contributed by atoms with Gasteiger partial charge in [0.2, 0.25) is 0 Å². The van der Waals surface area contributed by atoms with Crippen LogP contribution in [0.15, 0.2) is 53.4 Å². The molecule has 0 aliphatic heterocycles. The zero-order valence-electron chi connectivity index (χ0n) is 15.6. The molecule has 0 unspecified atom stereocenters. The Morgan fingerprint density at radius 2 is 1.56 bits per heavy atom. The molecule has 8 heteroatoms. The topological polar surface area (TPSA) is 92.8 Å². The molecule has 0 radical (unpaired) electrons. The van der Waals surface area contributed by atoms with Gasteiger partial charge >= 0.3 is 6.09 Å². The van der Waals surface area contributed by atoms with E-state index in [9.17, 15) is 18.0 Å². The van der Waals surface area contributed by atoms with Crippen molar-refractivity contribution in [2.24, 2.45) is 0 Å². The zero-order chi connectivity index (χ0) is 20.2. The Labute approximate surface area is 158 Å². The third-order valence-electron chi connectivity index (χ3n) is 4.03. The first kappa shape index (κ1) is 20.4. The summed E-state index contributed by atoms with van der Waals surface area (Å²) in [6.07, 6.45) is -0.497. The quantitative estimate of drug-likeness (QED) is 0.845. The number of nitrogens with one attached hydrogen (secondary N) is 1.